The van der Waals surface area contributed by atoms with Crippen molar-refractivity contribution in [2.24, 2.45) is 0 Å². The van der Waals surface area contributed by atoms with Gasteiger partial charge in [-0.1, -0.05) is 12.1 Å². The maximum absolute atomic E-state index is 10.5. The van der Waals surface area contributed by atoms with E-state index in [1.54, 1.807) is 0 Å². The van der Waals surface area contributed by atoms with Gasteiger partial charge in [-0.05, 0) is 24.3 Å². The van der Waals surface area contributed by atoms with Crippen LogP contribution in [0.3, 0.4) is 0 Å². The summed E-state index contributed by atoms with van der Waals surface area (Å²) in [6.07, 6.45) is 0. The van der Waals surface area contributed by atoms with Crippen molar-refractivity contribution in [1.82, 2.24) is 0 Å². The molecule has 0 heterocycles. The third-order valence-electron chi connectivity index (χ3n) is 2.74. The number of benzene rings is 2. The second kappa shape index (κ2) is 8.38. The van der Waals surface area contributed by atoms with Crippen LogP contribution in [0, 0.1) is 0 Å². The van der Waals surface area contributed by atoms with E-state index in [0.717, 1.165) is 12.1 Å². The molecule has 2 aromatic carbocycles. The van der Waals surface area contributed by atoms with Crippen molar-refractivity contribution in [3.05, 3.63) is 36.4 Å². The molecule has 0 amide bonds. The van der Waals surface area contributed by atoms with Crippen LogP contribution in [0.1, 0.15) is 0 Å². The van der Waals surface area contributed by atoms with Gasteiger partial charge in [0.2, 0.25) is 0 Å². The van der Waals surface area contributed by atoms with E-state index in [2.05, 4.69) is 0 Å². The Morgan fingerprint density at radius 1 is 0.640 bits per heavy atom. The Labute approximate surface area is 155 Å². The van der Waals surface area contributed by atoms with Gasteiger partial charge >= 0.3 is 17.1 Å². The van der Waals surface area contributed by atoms with Crippen molar-refractivity contribution in [3.63, 3.8) is 0 Å². The molecule has 2 aromatic rings. The normalized spacial score (nSPS) is 11.0. The predicted molar refractivity (Wildman–Crippen MR) is 86.5 cm³/mol. The minimum absolute atomic E-state index is 0. The van der Waals surface area contributed by atoms with Crippen LogP contribution in [-0.4, -0.2) is 25.9 Å². The first-order chi connectivity index (χ1) is 10.9. The van der Waals surface area contributed by atoms with E-state index in [4.69, 9.17) is 22.9 Å². The zero-order chi connectivity index (χ0) is 18.7. The van der Waals surface area contributed by atoms with E-state index in [9.17, 15) is 25.9 Å². The summed E-state index contributed by atoms with van der Waals surface area (Å²) in [5, 5.41) is 0. The Bertz CT molecular complexity index is 884. The zero-order valence-corrected chi connectivity index (χ0v) is 14.9. The maximum Gasteiger partial charge on any atom is 2.00 e. The largest absolute Gasteiger partial charge is 2.00 e. The molecular formula is C12H14CuN4O6S2. The summed E-state index contributed by atoms with van der Waals surface area (Å²) in [5.41, 5.74) is 20.9. The molecule has 0 bridgehead atoms. The summed E-state index contributed by atoms with van der Waals surface area (Å²) >= 11 is 0. The molecule has 10 nitrogen and oxygen atoms in total. The molecule has 0 aliphatic carbocycles. The molecule has 0 spiro atoms. The molecule has 8 N–H and O–H groups in total. The van der Waals surface area contributed by atoms with Crippen LogP contribution in [0.2, 0.25) is 0 Å². The number of nitrogens with two attached hydrogens (primary N) is 4. The molecule has 2 rings (SSSR count). The molecule has 0 atom stereocenters. The van der Waals surface area contributed by atoms with Gasteiger partial charge < -0.3 is 32.0 Å². The Kier molecular flexibility index (Phi) is 7.70. The van der Waals surface area contributed by atoms with Crippen LogP contribution in [0.15, 0.2) is 46.2 Å². The van der Waals surface area contributed by atoms with Gasteiger partial charge in [0.15, 0.2) is 0 Å². The number of rotatable bonds is 2. The van der Waals surface area contributed by atoms with Gasteiger partial charge in [-0.2, -0.15) is 0 Å². The first-order valence-corrected chi connectivity index (χ1v) is 8.87. The zero-order valence-electron chi connectivity index (χ0n) is 12.3. The summed E-state index contributed by atoms with van der Waals surface area (Å²) in [4.78, 5) is -0.940. The van der Waals surface area contributed by atoms with E-state index < -0.39 is 30.0 Å². The Balaban J connectivity index is 0.000000443. The maximum atomic E-state index is 10.5. The van der Waals surface area contributed by atoms with Crippen molar-refractivity contribution in [3.8, 4) is 0 Å². The number of anilines is 4. The van der Waals surface area contributed by atoms with Gasteiger partial charge in [0.05, 0.1) is 32.5 Å². The molecule has 141 valence electrons. The first-order valence-electron chi connectivity index (χ1n) is 6.05. The van der Waals surface area contributed by atoms with E-state index in [0.29, 0.717) is 0 Å². The Morgan fingerprint density at radius 3 is 1.12 bits per heavy atom. The number of hydrogen-bond acceptors (Lipinski definition) is 10. The molecule has 0 fully saturated rings. The summed E-state index contributed by atoms with van der Waals surface area (Å²) in [7, 11) is -9.02. The molecule has 0 aromatic heterocycles. The minimum Gasteiger partial charge on any atom is -0.744 e. The molecule has 0 saturated heterocycles. The monoisotopic (exact) mass is 437 g/mol. The fourth-order valence-electron chi connectivity index (χ4n) is 1.56. The van der Waals surface area contributed by atoms with Gasteiger partial charge in [-0.3, -0.25) is 0 Å². The van der Waals surface area contributed by atoms with Crippen molar-refractivity contribution in [1.29, 1.82) is 0 Å². The standard InChI is InChI=1S/2C6H8N2O3S.Cu/c2*7-4-2-1-3-5(6(4)8)12(9,10)11;/h2*1-3H,7-8H2,(H,9,10,11);/q;;+2/p-2. The fraction of sp³-hybridized carbons (Fsp3) is 0. The molecule has 0 aliphatic heterocycles. The number of nitrogen functional groups attached to an aromatic ring is 4. The van der Waals surface area contributed by atoms with E-state index in [1.165, 1.54) is 24.3 Å². The second-order valence-electron chi connectivity index (χ2n) is 4.43. The van der Waals surface area contributed by atoms with Crippen LogP contribution in [0.5, 0.6) is 0 Å². The third-order valence-corrected chi connectivity index (χ3v) is 4.53. The van der Waals surface area contributed by atoms with Crippen molar-refractivity contribution < 1.29 is 43.0 Å². The minimum atomic E-state index is -4.51. The summed E-state index contributed by atoms with van der Waals surface area (Å²) < 4.78 is 63.1. The summed E-state index contributed by atoms with van der Waals surface area (Å²) in [5.74, 6) is 0. The first kappa shape index (κ1) is 23.0. The van der Waals surface area contributed by atoms with Gasteiger partial charge in [0.1, 0.15) is 20.2 Å². The molecule has 0 saturated carbocycles. The van der Waals surface area contributed by atoms with Crippen LogP contribution in [-0.2, 0) is 37.3 Å². The predicted octanol–water partition coefficient (Wildman–Crippen LogP) is -0.492. The summed E-state index contributed by atoms with van der Waals surface area (Å²) in [6.45, 7) is 0. The van der Waals surface area contributed by atoms with Crippen LogP contribution >= 0.6 is 0 Å². The van der Waals surface area contributed by atoms with Crippen molar-refractivity contribution in [2.75, 3.05) is 22.9 Å². The number of hydrogen-bond donors (Lipinski definition) is 4. The van der Waals surface area contributed by atoms with E-state index in [-0.39, 0.29) is 39.8 Å². The van der Waals surface area contributed by atoms with Crippen molar-refractivity contribution in [2.45, 2.75) is 9.79 Å². The van der Waals surface area contributed by atoms with Crippen LogP contribution in [0.4, 0.5) is 22.7 Å². The average Bonchev–Trinajstić information content (AvgIpc) is 2.43. The fourth-order valence-corrected chi connectivity index (χ4v) is 2.82. The molecule has 0 aliphatic rings. The SMILES string of the molecule is Nc1cccc(S(=O)(=O)[O-])c1N.Nc1cccc(S(=O)(=O)[O-])c1N.[Cu+2]. The second-order valence-corrected chi connectivity index (χ2v) is 7.12. The molecular weight excluding hydrogens is 424 g/mol. The van der Waals surface area contributed by atoms with Gasteiger partial charge in [0.25, 0.3) is 0 Å². The molecule has 1 radical (unpaired) electrons. The Morgan fingerprint density at radius 2 is 0.920 bits per heavy atom. The average molecular weight is 438 g/mol. The van der Waals surface area contributed by atoms with E-state index in [1.807, 2.05) is 0 Å². The van der Waals surface area contributed by atoms with Gasteiger partial charge in [-0.25, -0.2) is 16.8 Å². The topological polar surface area (TPSA) is 218 Å². The van der Waals surface area contributed by atoms with Crippen LogP contribution < -0.4 is 22.9 Å². The quantitative estimate of drug-likeness (QED) is 0.268. The van der Waals surface area contributed by atoms with Gasteiger partial charge in [-0.15, -0.1) is 0 Å². The van der Waals surface area contributed by atoms with Crippen LogP contribution in [0.25, 0.3) is 0 Å². The third kappa shape index (κ3) is 6.08. The molecule has 0 unspecified atom stereocenters. The summed E-state index contributed by atoms with van der Waals surface area (Å²) in [6, 6.07) is 7.79. The van der Waals surface area contributed by atoms with E-state index >= 15 is 0 Å². The Hall–Kier alpha value is -2.02. The van der Waals surface area contributed by atoms with Crippen molar-refractivity contribution >= 4 is 43.0 Å². The number of para-hydroxylation sites is 2. The molecule has 25 heavy (non-hydrogen) atoms. The van der Waals surface area contributed by atoms with Gasteiger partial charge in [0, 0.05) is 0 Å². The smallest absolute Gasteiger partial charge is 0.744 e. The molecule has 13 heteroatoms.